The summed E-state index contributed by atoms with van der Waals surface area (Å²) in [5, 5.41) is 11.9. The fourth-order valence-corrected chi connectivity index (χ4v) is 6.46. The minimum Gasteiger partial charge on any atom is -0.497 e. The van der Waals surface area contributed by atoms with Crippen molar-refractivity contribution in [2.75, 3.05) is 19.1 Å². The van der Waals surface area contributed by atoms with E-state index >= 15 is 0 Å². The molecular formula is C32H28N2O6. The molecular weight excluding hydrogens is 508 g/mol. The van der Waals surface area contributed by atoms with Crippen LogP contribution in [0.15, 0.2) is 78.4 Å². The molecule has 0 unspecified atom stereocenters. The Morgan fingerprint density at radius 3 is 1.65 bits per heavy atom. The van der Waals surface area contributed by atoms with Crippen molar-refractivity contribution in [2.24, 2.45) is 23.7 Å². The summed E-state index contributed by atoms with van der Waals surface area (Å²) in [6.07, 6.45) is 4.02. The van der Waals surface area contributed by atoms with E-state index in [4.69, 9.17) is 9.47 Å². The normalized spacial score (nSPS) is 22.6. The SMILES string of the molecule is COc1ccc(C(=C2[C@H]3C=C[C@H]2[C@H]2C(=O)N(c4cc(C)c(C)cc4[N+](=O)[O-])C(=O)[C@@H]23)c2ccc(OC)cc2)cc1. The molecule has 4 atom stereocenters. The van der Waals surface area contributed by atoms with Crippen molar-refractivity contribution >= 4 is 28.8 Å². The Morgan fingerprint density at radius 1 is 0.775 bits per heavy atom. The van der Waals surface area contributed by atoms with Gasteiger partial charge in [-0.05, 0) is 77.6 Å². The lowest BCUT2D eigenvalue weighted by Gasteiger charge is -2.22. The lowest BCUT2D eigenvalue weighted by Crippen LogP contribution is -2.34. The summed E-state index contributed by atoms with van der Waals surface area (Å²) >= 11 is 0. The number of amides is 2. The van der Waals surface area contributed by atoms with Crippen LogP contribution in [0, 0.1) is 47.6 Å². The Labute approximate surface area is 231 Å². The van der Waals surface area contributed by atoms with Crippen molar-refractivity contribution < 1.29 is 24.0 Å². The van der Waals surface area contributed by atoms with Crippen LogP contribution in [0.2, 0.25) is 0 Å². The van der Waals surface area contributed by atoms with E-state index in [1.165, 1.54) is 6.07 Å². The summed E-state index contributed by atoms with van der Waals surface area (Å²) in [5.41, 5.74) is 5.19. The number of rotatable bonds is 6. The fraction of sp³-hybridized carbons (Fsp3) is 0.250. The van der Waals surface area contributed by atoms with E-state index in [9.17, 15) is 19.7 Å². The zero-order valence-electron chi connectivity index (χ0n) is 22.6. The second kappa shape index (κ2) is 9.48. The van der Waals surface area contributed by atoms with Gasteiger partial charge in [0, 0.05) is 17.9 Å². The lowest BCUT2D eigenvalue weighted by atomic mass is 9.85. The number of benzene rings is 3. The van der Waals surface area contributed by atoms with Gasteiger partial charge in [-0.15, -0.1) is 0 Å². The number of carbonyl (C=O) groups excluding carboxylic acids is 2. The smallest absolute Gasteiger partial charge is 0.293 e. The maximum Gasteiger partial charge on any atom is 0.293 e. The fourth-order valence-electron chi connectivity index (χ4n) is 6.46. The van der Waals surface area contributed by atoms with Crippen LogP contribution in [0.1, 0.15) is 22.3 Å². The molecule has 0 spiro atoms. The van der Waals surface area contributed by atoms with E-state index in [0.717, 1.165) is 49.8 Å². The number of hydrogen-bond acceptors (Lipinski definition) is 6. The largest absolute Gasteiger partial charge is 0.497 e. The summed E-state index contributed by atoms with van der Waals surface area (Å²) in [6, 6.07) is 18.5. The van der Waals surface area contributed by atoms with E-state index in [1.807, 2.05) is 67.6 Å². The molecule has 2 aliphatic carbocycles. The molecule has 6 rings (SSSR count). The van der Waals surface area contributed by atoms with Crippen LogP contribution in [-0.4, -0.2) is 31.0 Å². The van der Waals surface area contributed by atoms with Crippen molar-refractivity contribution in [1.82, 2.24) is 0 Å². The van der Waals surface area contributed by atoms with Crippen LogP contribution in [0.5, 0.6) is 11.5 Å². The monoisotopic (exact) mass is 536 g/mol. The molecule has 202 valence electrons. The Balaban J connectivity index is 1.48. The van der Waals surface area contributed by atoms with Crippen molar-refractivity contribution in [1.29, 1.82) is 0 Å². The first kappa shape index (κ1) is 25.6. The number of nitro benzene ring substituents is 1. The highest BCUT2D eigenvalue weighted by Gasteiger charge is 2.63. The number of anilines is 1. The van der Waals surface area contributed by atoms with Gasteiger partial charge in [-0.25, -0.2) is 4.90 Å². The van der Waals surface area contributed by atoms with Crippen LogP contribution in [0.25, 0.3) is 5.57 Å². The molecule has 0 N–H and O–H groups in total. The molecule has 2 amide bonds. The Morgan fingerprint density at radius 2 is 1.23 bits per heavy atom. The number of hydrogen-bond donors (Lipinski definition) is 0. The van der Waals surface area contributed by atoms with Crippen LogP contribution in [0.3, 0.4) is 0 Å². The highest BCUT2D eigenvalue weighted by atomic mass is 16.6. The van der Waals surface area contributed by atoms with Gasteiger partial charge in [-0.3, -0.25) is 19.7 Å². The second-order valence-electron chi connectivity index (χ2n) is 10.5. The van der Waals surface area contributed by atoms with E-state index in [2.05, 4.69) is 0 Å². The van der Waals surface area contributed by atoms with Crippen molar-refractivity contribution in [3.8, 4) is 11.5 Å². The first-order valence-corrected chi connectivity index (χ1v) is 13.1. The minimum absolute atomic E-state index is 0.0490. The Bertz CT molecular complexity index is 1540. The summed E-state index contributed by atoms with van der Waals surface area (Å²) in [7, 11) is 3.23. The zero-order valence-corrected chi connectivity index (χ0v) is 22.6. The molecule has 2 fully saturated rings. The highest BCUT2D eigenvalue weighted by Crippen LogP contribution is 2.59. The maximum absolute atomic E-state index is 14.0. The number of ether oxygens (including phenoxy) is 2. The van der Waals surface area contributed by atoms with Gasteiger partial charge in [-0.1, -0.05) is 36.4 Å². The first-order valence-electron chi connectivity index (χ1n) is 13.1. The molecule has 0 aromatic heterocycles. The van der Waals surface area contributed by atoms with E-state index < -0.39 is 16.8 Å². The molecule has 1 saturated carbocycles. The highest BCUT2D eigenvalue weighted by molar-refractivity contribution is 6.24. The van der Waals surface area contributed by atoms with Crippen LogP contribution >= 0.6 is 0 Å². The zero-order chi connectivity index (χ0) is 28.3. The third-order valence-electron chi connectivity index (χ3n) is 8.49. The minimum atomic E-state index is -0.620. The van der Waals surface area contributed by atoms with Gasteiger partial charge >= 0.3 is 0 Å². The van der Waals surface area contributed by atoms with Gasteiger partial charge in [0.05, 0.1) is 31.0 Å². The third-order valence-corrected chi connectivity index (χ3v) is 8.49. The molecule has 0 radical (unpaired) electrons. The molecule has 3 aliphatic rings. The number of allylic oxidation sites excluding steroid dienone is 3. The summed E-state index contributed by atoms with van der Waals surface area (Å²) in [5.74, 6) is -1.18. The Kier molecular flexibility index (Phi) is 6.06. The van der Waals surface area contributed by atoms with E-state index in [-0.39, 0.29) is 35.0 Å². The van der Waals surface area contributed by atoms with Gasteiger partial charge < -0.3 is 9.47 Å². The summed E-state index contributed by atoms with van der Waals surface area (Å²) < 4.78 is 10.7. The average molecular weight is 537 g/mol. The van der Waals surface area contributed by atoms with E-state index in [0.29, 0.717) is 0 Å². The van der Waals surface area contributed by atoms with Gasteiger partial charge in [0.25, 0.3) is 5.69 Å². The van der Waals surface area contributed by atoms with Crippen LogP contribution in [-0.2, 0) is 9.59 Å². The molecule has 1 heterocycles. The summed E-state index contributed by atoms with van der Waals surface area (Å²) in [6.45, 7) is 3.59. The van der Waals surface area contributed by atoms with Gasteiger partial charge in [0.1, 0.15) is 17.2 Å². The molecule has 1 aliphatic heterocycles. The van der Waals surface area contributed by atoms with Crippen molar-refractivity contribution in [3.05, 3.63) is 111 Å². The topological polar surface area (TPSA) is 99.0 Å². The maximum atomic E-state index is 14.0. The molecule has 8 nitrogen and oxygen atoms in total. The molecule has 1 saturated heterocycles. The molecule has 3 aromatic rings. The second-order valence-corrected chi connectivity index (χ2v) is 10.5. The summed E-state index contributed by atoms with van der Waals surface area (Å²) in [4.78, 5) is 40.4. The number of nitrogens with zero attached hydrogens (tertiary/aromatic N) is 2. The van der Waals surface area contributed by atoms with Crippen LogP contribution in [0.4, 0.5) is 11.4 Å². The first-order chi connectivity index (χ1) is 19.2. The number of nitro groups is 1. The third kappa shape index (κ3) is 3.74. The standard InChI is InChI=1S/C32H28N2O6/c1-17-15-25(26(34(37)38)16-18(17)2)33-31(35)29-23-13-14-24(30(29)32(33)36)28(23)27(19-5-9-21(39-3)10-6-19)20-7-11-22(40-4)12-8-20/h5-16,23-24,29-30H,1-4H3/t23-,24-,29-,30-/m1/s1. The van der Waals surface area contributed by atoms with Gasteiger partial charge in [0.15, 0.2) is 0 Å². The van der Waals surface area contributed by atoms with E-state index in [1.54, 1.807) is 27.2 Å². The van der Waals surface area contributed by atoms with Gasteiger partial charge in [0.2, 0.25) is 11.8 Å². The Hall–Kier alpha value is -4.72. The average Bonchev–Trinajstić information content (AvgIpc) is 3.59. The number of fused-ring (bicyclic) bond motifs is 5. The van der Waals surface area contributed by atoms with Crippen molar-refractivity contribution in [3.63, 3.8) is 0 Å². The molecule has 8 heteroatoms. The number of carbonyl (C=O) groups is 2. The number of aryl methyl sites for hydroxylation is 2. The van der Waals surface area contributed by atoms with Crippen LogP contribution < -0.4 is 14.4 Å². The molecule has 40 heavy (non-hydrogen) atoms. The molecule has 3 aromatic carbocycles. The van der Waals surface area contributed by atoms with Crippen molar-refractivity contribution in [2.45, 2.75) is 13.8 Å². The van der Waals surface area contributed by atoms with Gasteiger partial charge in [-0.2, -0.15) is 0 Å². The number of imide groups is 1. The lowest BCUT2D eigenvalue weighted by molar-refractivity contribution is -0.384. The number of methoxy groups -OCH3 is 2. The predicted molar refractivity (Wildman–Crippen MR) is 150 cm³/mol. The predicted octanol–water partition coefficient (Wildman–Crippen LogP) is 5.65. The quantitative estimate of drug-likeness (QED) is 0.175. The molecule has 2 bridgehead atoms.